The molecule has 0 amide bonds. The molecule has 0 unspecified atom stereocenters. The Bertz CT molecular complexity index is 1380. The van der Waals surface area contributed by atoms with E-state index in [0.29, 0.717) is 18.4 Å². The van der Waals surface area contributed by atoms with Crippen LogP contribution < -0.4 is 0 Å². The smallest absolute Gasteiger partial charge is 0.187 e. The molecule has 3 saturated heterocycles. The molecule has 7 rings (SSSR count). The Morgan fingerprint density at radius 3 is 2.04 bits per heavy atom. The van der Waals surface area contributed by atoms with E-state index in [1.165, 1.54) is 0 Å². The van der Waals surface area contributed by atoms with Crippen molar-refractivity contribution < 1.29 is 79.9 Å². The molecule has 16 heteroatoms. The molecule has 7 fully saturated rings. The minimum absolute atomic E-state index is 0.0209. The predicted molar refractivity (Wildman–Crippen MR) is 189 cm³/mol. The molecule has 11 N–H and O–H groups in total. The average Bonchev–Trinajstić information content (AvgIpc) is 3.58. The van der Waals surface area contributed by atoms with Crippen molar-refractivity contribution in [3.8, 4) is 0 Å². The van der Waals surface area contributed by atoms with Gasteiger partial charge < -0.3 is 79.9 Å². The number of rotatable bonds is 10. The van der Waals surface area contributed by atoms with E-state index in [2.05, 4.69) is 13.5 Å². The van der Waals surface area contributed by atoms with Gasteiger partial charge >= 0.3 is 0 Å². The number of aliphatic hydroxyl groups excluding tert-OH is 9. The largest absolute Gasteiger partial charge is 0.394 e. The normalized spacial score (nSPS) is 56.3. The molecule has 55 heavy (non-hydrogen) atoms. The molecule has 4 aliphatic carbocycles. The summed E-state index contributed by atoms with van der Waals surface area (Å²) in [6.45, 7) is 9.22. The number of hydrogen-bond acceptors (Lipinski definition) is 16. The molecule has 3 aliphatic heterocycles. The average molecular weight is 789 g/mol. The van der Waals surface area contributed by atoms with Crippen molar-refractivity contribution in [2.24, 2.45) is 40.4 Å². The summed E-state index contributed by atoms with van der Waals surface area (Å²) in [5.41, 5.74) is -1.64. The van der Waals surface area contributed by atoms with Crippen LogP contribution >= 0.6 is 0 Å². The molecule has 0 aromatic rings. The zero-order valence-corrected chi connectivity index (χ0v) is 32.0. The molecular formula is C39H64O16. The fourth-order valence-corrected chi connectivity index (χ4v) is 12.6. The van der Waals surface area contributed by atoms with Crippen molar-refractivity contribution in [1.29, 1.82) is 0 Å². The summed E-state index contributed by atoms with van der Waals surface area (Å²) in [6.07, 6.45) is -11.3. The van der Waals surface area contributed by atoms with Crippen LogP contribution in [-0.4, -0.2) is 167 Å². The molecule has 0 aromatic carbocycles. The molecule has 0 spiro atoms. The van der Waals surface area contributed by atoms with Gasteiger partial charge in [0.25, 0.3) is 0 Å². The van der Waals surface area contributed by atoms with Crippen molar-refractivity contribution in [1.82, 2.24) is 0 Å². The first-order valence-electron chi connectivity index (χ1n) is 20.2. The molecule has 0 bridgehead atoms. The van der Waals surface area contributed by atoms with Gasteiger partial charge in [0.1, 0.15) is 48.8 Å². The monoisotopic (exact) mass is 788 g/mol. The van der Waals surface area contributed by atoms with E-state index in [4.69, 9.17) is 23.7 Å². The van der Waals surface area contributed by atoms with Crippen LogP contribution in [0.15, 0.2) is 12.2 Å². The molecule has 4 saturated carbocycles. The van der Waals surface area contributed by atoms with Crippen LogP contribution in [0.1, 0.15) is 78.6 Å². The summed E-state index contributed by atoms with van der Waals surface area (Å²) in [5.74, 6) is -1.02. The number of fused-ring (bicyclic) bond motifs is 7. The molecule has 16 nitrogen and oxygen atoms in total. The van der Waals surface area contributed by atoms with Gasteiger partial charge in [-0.05, 0) is 67.6 Å². The standard InChI is InChI=1S/C39H64O16/c1-17(16-51-34-32(47)30(45)28(43)24(14-40)53-34)5-10-39(50)18(2)27-23(55-39)12-22-20-6-9-38(49)13-19(52-35-33(48)31(46)29(44)25(15-41)54-35)11-26(42)37(38,4)21(20)7-8-36(22,27)3/h18-35,40-50H,1,5-16H2,2-4H3/t18-,19-,20+,21-,22-,23-,24+,25+,26+,27-,28+,29+,30-,31-,32+,33+,34+,35+,36-,37-,38-,39+/m0/s1. The van der Waals surface area contributed by atoms with Gasteiger partial charge in [-0.3, -0.25) is 0 Å². The highest BCUT2D eigenvalue weighted by Gasteiger charge is 2.71. The van der Waals surface area contributed by atoms with Crippen LogP contribution in [0, 0.1) is 40.4 Å². The third kappa shape index (κ3) is 6.77. The maximum Gasteiger partial charge on any atom is 0.187 e. The van der Waals surface area contributed by atoms with Crippen molar-refractivity contribution in [2.45, 2.75) is 170 Å². The van der Waals surface area contributed by atoms with E-state index in [-0.39, 0.29) is 67.0 Å². The molecule has 0 aromatic heterocycles. The van der Waals surface area contributed by atoms with Gasteiger partial charge in [0.2, 0.25) is 0 Å². The molecular weight excluding hydrogens is 724 g/mol. The Balaban J connectivity index is 0.968. The molecule has 22 atom stereocenters. The first-order valence-corrected chi connectivity index (χ1v) is 20.2. The van der Waals surface area contributed by atoms with Crippen molar-refractivity contribution in [2.75, 3.05) is 19.8 Å². The van der Waals surface area contributed by atoms with Gasteiger partial charge in [0.05, 0.1) is 43.7 Å². The van der Waals surface area contributed by atoms with Crippen LogP contribution in [0.25, 0.3) is 0 Å². The molecule has 0 radical (unpaired) electrons. The SMILES string of the molecule is C=C(CC[C@@]1(O)O[C@H]2C[C@H]3[C@@H]4CC[C@]5(O)C[C@@H](O[C@@H]6O[C@H](CO)[C@@H](O)[C@H](O)[C@H]6O)C[C@@H](O)[C@]5(C)[C@H]4CC[C@]3(C)[C@H]2[C@@H]1C)CO[C@@H]1O[C@H](CO)[C@@H](O)[C@H](O)[C@H]1O. The van der Waals surface area contributed by atoms with E-state index >= 15 is 0 Å². The molecule has 7 aliphatic rings. The summed E-state index contributed by atoms with van der Waals surface area (Å²) >= 11 is 0. The first kappa shape index (κ1) is 42.2. The van der Waals surface area contributed by atoms with Crippen LogP contribution in [0.4, 0.5) is 0 Å². The molecule has 316 valence electrons. The first-order chi connectivity index (χ1) is 25.8. The van der Waals surface area contributed by atoms with Gasteiger partial charge in [-0.15, -0.1) is 0 Å². The molecule has 3 heterocycles. The summed E-state index contributed by atoms with van der Waals surface area (Å²) in [7, 11) is 0. The third-order valence-electron chi connectivity index (χ3n) is 15.8. The minimum Gasteiger partial charge on any atom is -0.394 e. The maximum atomic E-state index is 12.4. The lowest BCUT2D eigenvalue weighted by molar-refractivity contribution is -0.330. The lowest BCUT2D eigenvalue weighted by Crippen LogP contribution is -2.68. The lowest BCUT2D eigenvalue weighted by Gasteiger charge is -2.65. The zero-order chi connectivity index (χ0) is 40.0. The van der Waals surface area contributed by atoms with Crippen LogP contribution in [0.5, 0.6) is 0 Å². The zero-order valence-electron chi connectivity index (χ0n) is 32.0. The Hall–Kier alpha value is -0.900. The van der Waals surface area contributed by atoms with E-state index < -0.39 is 104 Å². The summed E-state index contributed by atoms with van der Waals surface area (Å²) in [6, 6.07) is 0. The van der Waals surface area contributed by atoms with Gasteiger partial charge in [0, 0.05) is 30.6 Å². The van der Waals surface area contributed by atoms with Crippen LogP contribution in [0.3, 0.4) is 0 Å². The Morgan fingerprint density at radius 2 is 1.40 bits per heavy atom. The quantitative estimate of drug-likeness (QED) is 0.0880. The van der Waals surface area contributed by atoms with Crippen molar-refractivity contribution >= 4 is 0 Å². The summed E-state index contributed by atoms with van der Waals surface area (Å²) in [5, 5.41) is 117. The highest BCUT2D eigenvalue weighted by molar-refractivity contribution is 5.19. The second-order valence-electron chi connectivity index (χ2n) is 18.5. The van der Waals surface area contributed by atoms with Crippen molar-refractivity contribution in [3.05, 3.63) is 12.2 Å². The second-order valence-corrected chi connectivity index (χ2v) is 18.5. The highest BCUT2D eigenvalue weighted by atomic mass is 16.7. The van der Waals surface area contributed by atoms with E-state index in [9.17, 15) is 56.2 Å². The van der Waals surface area contributed by atoms with Crippen molar-refractivity contribution in [3.63, 3.8) is 0 Å². The van der Waals surface area contributed by atoms with E-state index in [1.54, 1.807) is 0 Å². The second kappa shape index (κ2) is 15.3. The number of hydrogen-bond donors (Lipinski definition) is 11. The fraction of sp³-hybridized carbons (Fsp3) is 0.949. The van der Waals surface area contributed by atoms with Gasteiger partial charge in [-0.2, -0.15) is 0 Å². The van der Waals surface area contributed by atoms with E-state index in [0.717, 1.165) is 25.7 Å². The summed E-state index contributed by atoms with van der Waals surface area (Å²) in [4.78, 5) is 0. The van der Waals surface area contributed by atoms with Gasteiger partial charge in [-0.1, -0.05) is 32.9 Å². The Labute approximate surface area is 321 Å². The van der Waals surface area contributed by atoms with Gasteiger partial charge in [0.15, 0.2) is 18.4 Å². The van der Waals surface area contributed by atoms with E-state index in [1.807, 2.05) is 13.8 Å². The lowest BCUT2D eigenvalue weighted by atomic mass is 9.42. The fourth-order valence-electron chi connectivity index (χ4n) is 12.6. The minimum atomic E-state index is -1.59. The highest BCUT2D eigenvalue weighted by Crippen LogP contribution is 2.71. The number of ether oxygens (including phenoxy) is 5. The van der Waals surface area contributed by atoms with Gasteiger partial charge in [-0.25, -0.2) is 0 Å². The summed E-state index contributed by atoms with van der Waals surface area (Å²) < 4.78 is 29.3. The maximum absolute atomic E-state index is 12.4. The predicted octanol–water partition coefficient (Wildman–Crippen LogP) is -1.60. The Kier molecular flexibility index (Phi) is 11.7. The third-order valence-corrected chi connectivity index (χ3v) is 15.8. The topological polar surface area (TPSA) is 269 Å². The van der Waals surface area contributed by atoms with Crippen LogP contribution in [-0.2, 0) is 23.7 Å². The van der Waals surface area contributed by atoms with Crippen LogP contribution in [0.2, 0.25) is 0 Å². The Morgan fingerprint density at radius 1 is 0.782 bits per heavy atom. The number of aliphatic hydroxyl groups is 11.